The summed E-state index contributed by atoms with van der Waals surface area (Å²) in [7, 11) is 2.72. The highest BCUT2D eigenvalue weighted by atomic mass is 19.1. The van der Waals surface area contributed by atoms with Gasteiger partial charge in [-0.15, -0.1) is 5.10 Å². The van der Waals surface area contributed by atoms with Crippen LogP contribution in [-0.2, 0) is 4.79 Å². The largest absolute Gasteiger partial charge is 0.493 e. The van der Waals surface area contributed by atoms with Gasteiger partial charge >= 0.3 is 11.7 Å². The second-order valence-corrected chi connectivity index (χ2v) is 7.99. The van der Waals surface area contributed by atoms with Crippen LogP contribution in [0, 0.1) is 11.2 Å². The van der Waals surface area contributed by atoms with E-state index in [4.69, 9.17) is 25.4 Å². The number of H-pyrrole nitrogens is 2. The van der Waals surface area contributed by atoms with E-state index in [1.165, 1.54) is 57.8 Å². The van der Waals surface area contributed by atoms with Gasteiger partial charge in [0.1, 0.15) is 23.4 Å². The molecule has 2 aromatic carbocycles. The zero-order valence-electron chi connectivity index (χ0n) is 20.9. The van der Waals surface area contributed by atoms with E-state index in [1.54, 1.807) is 0 Å². The third-order valence-electron chi connectivity index (χ3n) is 5.45. The Morgan fingerprint density at radius 1 is 1.15 bits per heavy atom. The lowest BCUT2D eigenvalue weighted by Gasteiger charge is -2.21. The van der Waals surface area contributed by atoms with Crippen LogP contribution in [0.3, 0.4) is 0 Å². The number of aromatic nitrogens is 5. The molecule has 2 heterocycles. The van der Waals surface area contributed by atoms with Gasteiger partial charge in [0.05, 0.1) is 19.8 Å². The lowest BCUT2D eigenvalue weighted by atomic mass is 10.0. The summed E-state index contributed by atoms with van der Waals surface area (Å²) in [5.41, 5.74) is 4.52. The van der Waals surface area contributed by atoms with Crippen LogP contribution in [0.4, 0.5) is 10.1 Å². The van der Waals surface area contributed by atoms with Crippen LogP contribution in [0.25, 0.3) is 5.82 Å². The van der Waals surface area contributed by atoms with E-state index in [1.807, 2.05) is 0 Å². The van der Waals surface area contributed by atoms with Crippen molar-refractivity contribution in [2.75, 3.05) is 19.5 Å². The standard InChI is InChI=1S/C24H23FN8O6/c1-11(34)39-16-8-12(4-5-13(16)20(26)27)30-19(14-9-17(37-2)18(38-3)10-15(14)25)21-31-24(36)33(32-21)22-23(35)29-7-6-28-22/h4-10,19,30H,1-3H3,(H3,26,27)(H,29,35)(H,31,32,36)/t19-/m0/s1. The van der Waals surface area contributed by atoms with E-state index in [9.17, 15) is 14.4 Å². The Bertz CT molecular complexity index is 1680. The molecule has 0 aliphatic heterocycles. The molecule has 0 unspecified atom stereocenters. The molecule has 0 bridgehead atoms. The van der Waals surface area contributed by atoms with E-state index in [-0.39, 0.29) is 51.5 Å². The number of halogens is 1. The van der Waals surface area contributed by atoms with Gasteiger partial charge in [-0.3, -0.25) is 20.0 Å². The van der Waals surface area contributed by atoms with Gasteiger partial charge in [-0.05, 0) is 18.2 Å². The van der Waals surface area contributed by atoms with Crippen molar-refractivity contribution in [2.45, 2.75) is 13.0 Å². The fraction of sp³-hybridized carbons (Fsp3) is 0.167. The fourth-order valence-electron chi connectivity index (χ4n) is 3.73. The highest BCUT2D eigenvalue weighted by molar-refractivity contribution is 5.98. The molecule has 202 valence electrons. The quantitative estimate of drug-likeness (QED) is 0.0892. The maximum absolute atomic E-state index is 15.4. The van der Waals surface area contributed by atoms with Crippen molar-refractivity contribution in [2.24, 2.45) is 5.73 Å². The first-order chi connectivity index (χ1) is 18.6. The predicted octanol–water partition coefficient (Wildman–Crippen LogP) is 1.21. The Morgan fingerprint density at radius 2 is 1.87 bits per heavy atom. The van der Waals surface area contributed by atoms with E-state index in [0.29, 0.717) is 0 Å². The lowest BCUT2D eigenvalue weighted by Crippen LogP contribution is -2.25. The number of nitrogens with zero attached hydrogens (tertiary/aromatic N) is 3. The number of carbonyl (C=O) groups excluding carboxylic acids is 1. The van der Waals surface area contributed by atoms with Crippen LogP contribution >= 0.6 is 0 Å². The summed E-state index contributed by atoms with van der Waals surface area (Å²) in [4.78, 5) is 45.4. The average Bonchev–Trinajstić information content (AvgIpc) is 3.28. The van der Waals surface area contributed by atoms with E-state index >= 15 is 4.39 Å². The van der Waals surface area contributed by atoms with Crippen LogP contribution in [0.2, 0.25) is 0 Å². The first-order valence-corrected chi connectivity index (χ1v) is 11.2. The molecule has 4 aromatic rings. The minimum Gasteiger partial charge on any atom is -0.493 e. The van der Waals surface area contributed by atoms with Crippen LogP contribution in [-0.4, -0.2) is 50.8 Å². The summed E-state index contributed by atoms with van der Waals surface area (Å²) in [6, 6.07) is 5.59. The number of nitrogen functional groups attached to an aromatic ring is 1. The number of benzene rings is 2. The minimum atomic E-state index is -1.19. The molecular weight excluding hydrogens is 515 g/mol. The van der Waals surface area contributed by atoms with Crippen molar-refractivity contribution < 1.29 is 23.4 Å². The number of ether oxygens (including phenoxy) is 3. The van der Waals surface area contributed by atoms with Crippen molar-refractivity contribution in [3.63, 3.8) is 0 Å². The van der Waals surface area contributed by atoms with Gasteiger partial charge in [0, 0.05) is 42.7 Å². The number of hydrogen-bond acceptors (Lipinski definition) is 10. The molecule has 0 fully saturated rings. The molecule has 4 rings (SSSR count). The Labute approximate surface area is 219 Å². The second kappa shape index (κ2) is 10.9. The van der Waals surface area contributed by atoms with Gasteiger partial charge < -0.3 is 30.2 Å². The zero-order chi connectivity index (χ0) is 28.3. The number of methoxy groups -OCH3 is 2. The van der Waals surface area contributed by atoms with E-state index in [0.717, 1.165) is 10.7 Å². The van der Waals surface area contributed by atoms with Crippen molar-refractivity contribution in [3.8, 4) is 23.1 Å². The first-order valence-electron chi connectivity index (χ1n) is 11.2. The Kier molecular flexibility index (Phi) is 7.41. The number of anilines is 1. The molecule has 2 aromatic heterocycles. The molecule has 0 aliphatic carbocycles. The smallest absolute Gasteiger partial charge is 0.349 e. The number of hydrogen-bond donors (Lipinski definition) is 5. The third-order valence-corrected chi connectivity index (χ3v) is 5.45. The van der Waals surface area contributed by atoms with Crippen LogP contribution in [0.1, 0.15) is 29.9 Å². The van der Waals surface area contributed by atoms with Gasteiger partial charge in [-0.2, -0.15) is 4.68 Å². The zero-order valence-corrected chi connectivity index (χ0v) is 20.9. The molecule has 6 N–H and O–H groups in total. The normalized spacial score (nSPS) is 11.5. The number of amidine groups is 1. The van der Waals surface area contributed by atoms with Crippen LogP contribution in [0.15, 0.2) is 52.3 Å². The summed E-state index contributed by atoms with van der Waals surface area (Å²) in [5, 5.41) is 15.0. The number of esters is 1. The Balaban J connectivity index is 1.89. The molecule has 0 amide bonds. The number of carbonyl (C=O) groups is 1. The monoisotopic (exact) mass is 538 g/mol. The second-order valence-electron chi connectivity index (χ2n) is 7.99. The van der Waals surface area contributed by atoms with Gasteiger partial charge in [-0.25, -0.2) is 14.2 Å². The third kappa shape index (κ3) is 5.46. The van der Waals surface area contributed by atoms with Crippen molar-refractivity contribution in [1.29, 1.82) is 5.41 Å². The molecule has 0 radical (unpaired) electrons. The number of nitrogens with two attached hydrogens (primary N) is 1. The maximum atomic E-state index is 15.4. The molecule has 39 heavy (non-hydrogen) atoms. The molecular formula is C24H23FN8O6. The Hall–Kier alpha value is -5.47. The molecule has 14 nitrogen and oxygen atoms in total. The molecule has 0 aliphatic rings. The topological polar surface area (TPSA) is 203 Å². The van der Waals surface area contributed by atoms with Crippen molar-refractivity contribution in [3.05, 3.63) is 86.3 Å². The van der Waals surface area contributed by atoms with Crippen LogP contribution in [0.5, 0.6) is 17.2 Å². The summed E-state index contributed by atoms with van der Waals surface area (Å²) in [5.74, 6) is -1.84. The molecule has 1 atom stereocenters. The molecule has 0 saturated carbocycles. The molecule has 0 saturated heterocycles. The highest BCUT2D eigenvalue weighted by Gasteiger charge is 2.26. The average molecular weight is 538 g/mol. The van der Waals surface area contributed by atoms with E-state index in [2.05, 4.69) is 25.4 Å². The van der Waals surface area contributed by atoms with Crippen molar-refractivity contribution in [1.82, 2.24) is 24.7 Å². The number of nitrogens with one attached hydrogen (secondary N) is 4. The van der Waals surface area contributed by atoms with Gasteiger partial charge in [-0.1, -0.05) is 0 Å². The first kappa shape index (κ1) is 26.6. The molecule has 15 heteroatoms. The van der Waals surface area contributed by atoms with Gasteiger partial charge in [0.2, 0.25) is 5.82 Å². The van der Waals surface area contributed by atoms with Gasteiger partial charge in [0.25, 0.3) is 5.56 Å². The SMILES string of the molecule is COc1cc(F)c([C@H](Nc2ccc(C(=N)N)c(OC(C)=O)c2)c2nn(-c3ncc[nH]c3=O)c(=O)[nH]2)cc1OC. The lowest BCUT2D eigenvalue weighted by molar-refractivity contribution is -0.131. The fourth-order valence-corrected chi connectivity index (χ4v) is 3.73. The maximum Gasteiger partial charge on any atom is 0.349 e. The highest BCUT2D eigenvalue weighted by Crippen LogP contribution is 2.36. The molecule has 0 spiro atoms. The number of rotatable bonds is 9. The van der Waals surface area contributed by atoms with Crippen LogP contribution < -0.4 is 36.5 Å². The Morgan fingerprint density at radius 3 is 2.51 bits per heavy atom. The summed E-state index contributed by atoms with van der Waals surface area (Å²) >= 11 is 0. The summed E-state index contributed by atoms with van der Waals surface area (Å²) < 4.78 is 31.8. The van der Waals surface area contributed by atoms with E-state index < -0.39 is 29.1 Å². The number of aromatic amines is 2. The summed E-state index contributed by atoms with van der Waals surface area (Å²) in [6.07, 6.45) is 2.56. The van der Waals surface area contributed by atoms with Crippen molar-refractivity contribution >= 4 is 17.5 Å². The van der Waals surface area contributed by atoms with Gasteiger partial charge in [0.15, 0.2) is 17.3 Å². The predicted molar refractivity (Wildman–Crippen MR) is 136 cm³/mol. The summed E-state index contributed by atoms with van der Waals surface area (Å²) in [6.45, 7) is 1.18. The minimum absolute atomic E-state index is 0.0202.